The van der Waals surface area contributed by atoms with Crippen LogP contribution in [0.2, 0.25) is 10.0 Å². The molecule has 0 aliphatic carbocycles. The lowest BCUT2D eigenvalue weighted by molar-refractivity contribution is 1.14. The molecule has 0 fully saturated rings. The average molecular weight is 310 g/mol. The van der Waals surface area contributed by atoms with Crippen LogP contribution in [-0.4, -0.2) is 3.96 Å². The van der Waals surface area contributed by atoms with Crippen LogP contribution in [0.1, 0.15) is 5.56 Å². The number of halogens is 2. The Morgan fingerprint density at radius 1 is 1.11 bits per heavy atom. The lowest BCUT2D eigenvalue weighted by atomic mass is 10.2. The van der Waals surface area contributed by atoms with Crippen molar-refractivity contribution < 1.29 is 0 Å². The third-order valence-electron chi connectivity index (χ3n) is 3.01. The van der Waals surface area contributed by atoms with E-state index in [1.165, 1.54) is 11.5 Å². The number of fused-ring (bicyclic) bond motifs is 1. The van der Waals surface area contributed by atoms with Gasteiger partial charge in [0.2, 0.25) is 0 Å². The summed E-state index contributed by atoms with van der Waals surface area (Å²) in [5.41, 5.74) is 1.41. The fraction of sp³-hybridized carbons (Fsp3) is 0.0714. The third kappa shape index (κ3) is 1.98. The minimum absolute atomic E-state index is 0.0516. The third-order valence-corrected chi connectivity index (χ3v) is 4.99. The van der Waals surface area contributed by atoms with E-state index in [1.54, 1.807) is 16.1 Å². The van der Waals surface area contributed by atoms with Crippen LogP contribution in [0.4, 0.5) is 0 Å². The van der Waals surface area contributed by atoms with Crippen molar-refractivity contribution in [3.63, 3.8) is 0 Å². The van der Waals surface area contributed by atoms with Gasteiger partial charge in [-0.3, -0.25) is 4.79 Å². The molecule has 0 N–H and O–H groups in total. The smallest absolute Gasteiger partial charge is 0.267 e. The first-order valence-corrected chi connectivity index (χ1v) is 7.18. The Hall–Kier alpha value is -1.29. The van der Waals surface area contributed by atoms with Crippen LogP contribution >= 0.6 is 34.7 Å². The zero-order valence-corrected chi connectivity index (χ0v) is 12.3. The second-order valence-corrected chi connectivity index (χ2v) is 5.97. The van der Waals surface area contributed by atoms with Gasteiger partial charge in [-0.2, -0.15) is 0 Å². The maximum absolute atomic E-state index is 12.4. The molecular weight excluding hydrogens is 301 g/mol. The molecule has 0 spiro atoms. The lowest BCUT2D eigenvalue weighted by Crippen LogP contribution is -2.11. The van der Waals surface area contributed by atoms with E-state index in [0.29, 0.717) is 21.1 Å². The molecule has 0 aliphatic heterocycles. The monoisotopic (exact) mass is 309 g/mol. The summed E-state index contributed by atoms with van der Waals surface area (Å²) in [6, 6.07) is 11.0. The van der Waals surface area contributed by atoms with Crippen molar-refractivity contribution in [3.8, 4) is 5.69 Å². The Morgan fingerprint density at radius 2 is 1.84 bits per heavy atom. The van der Waals surface area contributed by atoms with E-state index >= 15 is 0 Å². The number of hydrogen-bond donors (Lipinski definition) is 0. The van der Waals surface area contributed by atoms with Gasteiger partial charge in [0.25, 0.3) is 5.56 Å². The maximum Gasteiger partial charge on any atom is 0.273 e. The Balaban J connectivity index is 2.34. The van der Waals surface area contributed by atoms with Gasteiger partial charge in [-0.15, -0.1) is 0 Å². The molecule has 3 aromatic rings. The number of rotatable bonds is 1. The molecule has 3 rings (SSSR count). The van der Waals surface area contributed by atoms with Crippen molar-refractivity contribution in [2.45, 2.75) is 6.92 Å². The molecule has 2 nitrogen and oxygen atoms in total. The van der Waals surface area contributed by atoms with E-state index in [0.717, 1.165) is 10.3 Å². The SMILES string of the molecule is Cc1c(Cl)ccc(-n2sc3ccccc3c2=O)c1Cl. The minimum atomic E-state index is -0.0516. The highest BCUT2D eigenvalue weighted by atomic mass is 35.5. The van der Waals surface area contributed by atoms with Gasteiger partial charge >= 0.3 is 0 Å². The summed E-state index contributed by atoms with van der Waals surface area (Å²) < 4.78 is 2.55. The molecular formula is C14H9Cl2NOS. The van der Waals surface area contributed by atoms with Gasteiger partial charge in [0, 0.05) is 5.02 Å². The summed E-state index contributed by atoms with van der Waals surface area (Å²) in [5, 5.41) is 1.82. The van der Waals surface area contributed by atoms with Crippen LogP contribution in [-0.2, 0) is 0 Å². The van der Waals surface area contributed by atoms with Crippen LogP contribution < -0.4 is 5.56 Å². The summed E-state index contributed by atoms with van der Waals surface area (Å²) in [6.45, 7) is 1.84. The van der Waals surface area contributed by atoms with Crippen LogP contribution in [0.15, 0.2) is 41.2 Å². The average Bonchev–Trinajstić information content (AvgIpc) is 2.74. The van der Waals surface area contributed by atoms with Gasteiger partial charge in [0.05, 0.1) is 20.8 Å². The number of aromatic nitrogens is 1. The summed E-state index contributed by atoms with van der Waals surface area (Å²) in [5.74, 6) is 0. The van der Waals surface area contributed by atoms with Gasteiger partial charge in [0.15, 0.2) is 0 Å². The zero-order valence-electron chi connectivity index (χ0n) is 9.98. The first kappa shape index (κ1) is 12.7. The lowest BCUT2D eigenvalue weighted by Gasteiger charge is -2.07. The van der Waals surface area contributed by atoms with E-state index in [2.05, 4.69) is 0 Å². The van der Waals surface area contributed by atoms with Crippen molar-refractivity contribution in [1.82, 2.24) is 3.96 Å². The Bertz CT molecular complexity index is 835. The summed E-state index contributed by atoms with van der Waals surface area (Å²) >= 11 is 13.7. The van der Waals surface area contributed by atoms with E-state index in [1.807, 2.05) is 31.2 Å². The molecule has 1 heterocycles. The molecule has 19 heavy (non-hydrogen) atoms. The molecule has 96 valence electrons. The van der Waals surface area contributed by atoms with Gasteiger partial charge < -0.3 is 0 Å². The van der Waals surface area contributed by atoms with E-state index in [-0.39, 0.29) is 5.56 Å². The molecule has 0 unspecified atom stereocenters. The zero-order chi connectivity index (χ0) is 13.6. The normalized spacial score (nSPS) is 11.1. The molecule has 5 heteroatoms. The van der Waals surface area contributed by atoms with Crippen molar-refractivity contribution in [2.24, 2.45) is 0 Å². The van der Waals surface area contributed by atoms with Crippen molar-refractivity contribution in [2.75, 3.05) is 0 Å². The predicted molar refractivity (Wildman–Crippen MR) is 82.2 cm³/mol. The number of hydrogen-bond acceptors (Lipinski definition) is 2. The fourth-order valence-electron chi connectivity index (χ4n) is 1.93. The van der Waals surface area contributed by atoms with Crippen LogP contribution in [0.5, 0.6) is 0 Å². The number of benzene rings is 2. The molecule has 0 saturated heterocycles. The first-order valence-electron chi connectivity index (χ1n) is 5.65. The minimum Gasteiger partial charge on any atom is -0.267 e. The molecule has 0 atom stereocenters. The van der Waals surface area contributed by atoms with Crippen LogP contribution in [0.25, 0.3) is 15.8 Å². The standard InChI is InChI=1S/C14H9Cl2NOS/c1-8-10(15)6-7-11(13(8)16)17-14(18)9-4-2-3-5-12(9)19-17/h2-7H,1H3. The van der Waals surface area contributed by atoms with Gasteiger partial charge in [-0.25, -0.2) is 3.96 Å². The fourth-order valence-corrected chi connectivity index (χ4v) is 3.46. The van der Waals surface area contributed by atoms with E-state index in [9.17, 15) is 4.79 Å². The van der Waals surface area contributed by atoms with E-state index in [4.69, 9.17) is 23.2 Å². The topological polar surface area (TPSA) is 22.0 Å². The van der Waals surface area contributed by atoms with Crippen molar-refractivity contribution >= 4 is 44.8 Å². The highest BCUT2D eigenvalue weighted by Gasteiger charge is 2.13. The van der Waals surface area contributed by atoms with Gasteiger partial charge in [-0.1, -0.05) is 46.9 Å². The second-order valence-electron chi connectivity index (χ2n) is 4.19. The first-order chi connectivity index (χ1) is 9.09. The van der Waals surface area contributed by atoms with Crippen molar-refractivity contribution in [3.05, 3.63) is 62.4 Å². The second kappa shape index (κ2) is 4.67. The van der Waals surface area contributed by atoms with Crippen molar-refractivity contribution in [1.29, 1.82) is 0 Å². The Kier molecular flexibility index (Phi) is 3.13. The molecule has 2 aromatic carbocycles. The molecule has 0 radical (unpaired) electrons. The maximum atomic E-state index is 12.4. The quantitative estimate of drug-likeness (QED) is 0.640. The van der Waals surface area contributed by atoms with Gasteiger partial charge in [0.1, 0.15) is 0 Å². The van der Waals surface area contributed by atoms with Crippen LogP contribution in [0, 0.1) is 6.92 Å². The predicted octanol–water partition coefficient (Wildman–Crippen LogP) is 4.67. The highest BCUT2D eigenvalue weighted by molar-refractivity contribution is 7.14. The Morgan fingerprint density at radius 3 is 2.58 bits per heavy atom. The van der Waals surface area contributed by atoms with Crippen LogP contribution in [0.3, 0.4) is 0 Å². The molecule has 0 amide bonds. The van der Waals surface area contributed by atoms with E-state index < -0.39 is 0 Å². The number of nitrogens with zero attached hydrogens (tertiary/aromatic N) is 1. The van der Waals surface area contributed by atoms with Gasteiger partial charge in [-0.05, 0) is 36.8 Å². The molecule has 1 aromatic heterocycles. The Labute approximate surface area is 124 Å². The molecule has 0 bridgehead atoms. The highest BCUT2D eigenvalue weighted by Crippen LogP contribution is 2.31. The molecule has 0 aliphatic rings. The molecule has 0 saturated carbocycles. The summed E-state index contributed by atoms with van der Waals surface area (Å²) in [6.07, 6.45) is 0. The summed E-state index contributed by atoms with van der Waals surface area (Å²) in [4.78, 5) is 12.4. The summed E-state index contributed by atoms with van der Waals surface area (Å²) in [7, 11) is 0. The largest absolute Gasteiger partial charge is 0.273 e.